The number of carbonyl (C=O) groups is 1. The van der Waals surface area contributed by atoms with Crippen LogP contribution in [0, 0.1) is 26.7 Å². The van der Waals surface area contributed by atoms with E-state index in [2.05, 4.69) is 58.0 Å². The third kappa shape index (κ3) is 5.01. The number of nitrogens with one attached hydrogen (secondary N) is 1. The molecule has 0 aliphatic carbocycles. The SMILES string of the molecule is Cc1ccc(-n2cnnc2SCC(=O)NCC(C)Cn2ccnc2C)cc1C. The van der Waals surface area contributed by atoms with E-state index in [1.165, 1.54) is 22.9 Å². The number of benzene rings is 1. The molecule has 3 aromatic rings. The Hall–Kier alpha value is -2.61. The molecule has 2 heterocycles. The monoisotopic (exact) mass is 398 g/mol. The van der Waals surface area contributed by atoms with Crippen molar-refractivity contribution in [3.05, 3.63) is 53.9 Å². The van der Waals surface area contributed by atoms with Crippen molar-refractivity contribution in [1.29, 1.82) is 0 Å². The number of aryl methyl sites for hydroxylation is 3. The Morgan fingerprint density at radius 1 is 1.25 bits per heavy atom. The van der Waals surface area contributed by atoms with E-state index in [1.54, 1.807) is 12.5 Å². The van der Waals surface area contributed by atoms with Crippen LogP contribution in [0.5, 0.6) is 0 Å². The van der Waals surface area contributed by atoms with Crippen LogP contribution in [0.15, 0.2) is 42.1 Å². The lowest BCUT2D eigenvalue weighted by Gasteiger charge is -2.14. The first-order chi connectivity index (χ1) is 13.4. The minimum Gasteiger partial charge on any atom is -0.355 e. The largest absolute Gasteiger partial charge is 0.355 e. The van der Waals surface area contributed by atoms with Crippen LogP contribution in [0.1, 0.15) is 23.9 Å². The molecular formula is C20H26N6OS. The minimum atomic E-state index is -0.00570. The van der Waals surface area contributed by atoms with Crippen LogP contribution in [0.25, 0.3) is 5.69 Å². The summed E-state index contributed by atoms with van der Waals surface area (Å²) in [5.41, 5.74) is 3.45. The average Bonchev–Trinajstić information content (AvgIpc) is 3.30. The predicted molar refractivity (Wildman–Crippen MR) is 111 cm³/mol. The van der Waals surface area contributed by atoms with Gasteiger partial charge in [-0.3, -0.25) is 9.36 Å². The molecule has 0 aliphatic heterocycles. The fraction of sp³-hybridized carbons (Fsp3) is 0.400. The normalized spacial score (nSPS) is 12.1. The van der Waals surface area contributed by atoms with E-state index < -0.39 is 0 Å². The number of aromatic nitrogens is 5. The van der Waals surface area contributed by atoms with Gasteiger partial charge in [0.2, 0.25) is 5.91 Å². The van der Waals surface area contributed by atoms with Gasteiger partial charge in [-0.1, -0.05) is 24.8 Å². The molecule has 0 aliphatic rings. The number of rotatable bonds is 8. The summed E-state index contributed by atoms with van der Waals surface area (Å²) in [4.78, 5) is 16.5. The second kappa shape index (κ2) is 9.05. The Labute approximate surface area is 169 Å². The zero-order valence-electron chi connectivity index (χ0n) is 16.7. The van der Waals surface area contributed by atoms with Crippen LogP contribution in [-0.2, 0) is 11.3 Å². The van der Waals surface area contributed by atoms with Crippen molar-refractivity contribution in [3.8, 4) is 5.69 Å². The summed E-state index contributed by atoms with van der Waals surface area (Å²) in [5.74, 6) is 1.61. The first kappa shape index (κ1) is 20.1. The molecule has 0 fully saturated rings. The smallest absolute Gasteiger partial charge is 0.230 e. The van der Waals surface area contributed by atoms with E-state index in [-0.39, 0.29) is 5.91 Å². The Bertz CT molecular complexity index is 948. The molecule has 1 N–H and O–H groups in total. The maximum Gasteiger partial charge on any atom is 0.230 e. The molecule has 1 atom stereocenters. The molecule has 0 spiro atoms. The van der Waals surface area contributed by atoms with Gasteiger partial charge in [0, 0.05) is 31.2 Å². The zero-order valence-corrected chi connectivity index (χ0v) is 17.5. The summed E-state index contributed by atoms with van der Waals surface area (Å²) in [6.45, 7) is 9.72. The molecule has 0 bridgehead atoms. The number of imidazole rings is 1. The lowest BCUT2D eigenvalue weighted by atomic mass is 10.1. The van der Waals surface area contributed by atoms with Gasteiger partial charge in [-0.15, -0.1) is 10.2 Å². The Morgan fingerprint density at radius 3 is 2.79 bits per heavy atom. The Kier molecular flexibility index (Phi) is 6.51. The highest BCUT2D eigenvalue weighted by Crippen LogP contribution is 2.21. The second-order valence-corrected chi connectivity index (χ2v) is 8.02. The average molecular weight is 399 g/mol. The lowest BCUT2D eigenvalue weighted by Crippen LogP contribution is -2.31. The first-order valence-corrected chi connectivity index (χ1v) is 10.3. The second-order valence-electron chi connectivity index (χ2n) is 7.08. The van der Waals surface area contributed by atoms with E-state index in [1.807, 2.05) is 23.8 Å². The Balaban J connectivity index is 1.50. The third-order valence-corrected chi connectivity index (χ3v) is 5.64. The third-order valence-electron chi connectivity index (χ3n) is 4.70. The number of amides is 1. The number of nitrogens with zero attached hydrogens (tertiary/aromatic N) is 5. The van der Waals surface area contributed by atoms with E-state index in [4.69, 9.17) is 0 Å². The van der Waals surface area contributed by atoms with Crippen LogP contribution in [0.2, 0.25) is 0 Å². The summed E-state index contributed by atoms with van der Waals surface area (Å²) >= 11 is 1.39. The molecule has 0 saturated heterocycles. The molecule has 3 rings (SSSR count). The van der Waals surface area contributed by atoms with Crippen molar-refractivity contribution < 1.29 is 4.79 Å². The fourth-order valence-corrected chi connectivity index (χ4v) is 3.60. The highest BCUT2D eigenvalue weighted by molar-refractivity contribution is 7.99. The molecule has 2 aromatic heterocycles. The van der Waals surface area contributed by atoms with Gasteiger partial charge in [0.15, 0.2) is 5.16 Å². The fourth-order valence-electron chi connectivity index (χ4n) is 2.84. The molecular weight excluding hydrogens is 372 g/mol. The predicted octanol–water partition coefficient (Wildman–Crippen LogP) is 2.93. The number of carbonyl (C=O) groups excluding carboxylic acids is 1. The van der Waals surface area contributed by atoms with Gasteiger partial charge in [-0.25, -0.2) is 4.98 Å². The van der Waals surface area contributed by atoms with Gasteiger partial charge >= 0.3 is 0 Å². The lowest BCUT2D eigenvalue weighted by molar-refractivity contribution is -0.118. The summed E-state index contributed by atoms with van der Waals surface area (Å²) in [6, 6.07) is 6.22. The van der Waals surface area contributed by atoms with Gasteiger partial charge in [-0.05, 0) is 49.9 Å². The number of thioether (sulfide) groups is 1. The number of hydrogen-bond acceptors (Lipinski definition) is 5. The van der Waals surface area contributed by atoms with Gasteiger partial charge in [0.25, 0.3) is 0 Å². The molecule has 0 saturated carbocycles. The standard InChI is InChI=1S/C20H26N6OS/c1-14(11-25-8-7-21-17(25)4)10-22-19(27)12-28-20-24-23-13-26(20)18-6-5-15(2)16(3)9-18/h5-9,13-14H,10-12H2,1-4H3,(H,22,27). The molecule has 1 aromatic carbocycles. The van der Waals surface area contributed by atoms with Gasteiger partial charge in [-0.2, -0.15) is 0 Å². The van der Waals surface area contributed by atoms with Crippen LogP contribution in [0.4, 0.5) is 0 Å². The van der Waals surface area contributed by atoms with Crippen LogP contribution < -0.4 is 5.32 Å². The first-order valence-electron chi connectivity index (χ1n) is 9.29. The van der Waals surface area contributed by atoms with Crippen molar-refractivity contribution in [2.24, 2.45) is 5.92 Å². The summed E-state index contributed by atoms with van der Waals surface area (Å²) in [6.07, 6.45) is 5.44. The highest BCUT2D eigenvalue weighted by Gasteiger charge is 2.12. The van der Waals surface area contributed by atoms with Crippen LogP contribution >= 0.6 is 11.8 Å². The molecule has 148 valence electrons. The van der Waals surface area contributed by atoms with E-state index in [0.29, 0.717) is 23.4 Å². The van der Waals surface area contributed by atoms with Crippen LogP contribution in [-0.4, -0.2) is 42.5 Å². The summed E-state index contributed by atoms with van der Waals surface area (Å²) < 4.78 is 4.01. The maximum absolute atomic E-state index is 12.3. The van der Waals surface area contributed by atoms with Gasteiger partial charge in [0.1, 0.15) is 12.2 Å². The quantitative estimate of drug-likeness (QED) is 0.590. The van der Waals surface area contributed by atoms with Crippen molar-refractivity contribution in [3.63, 3.8) is 0 Å². The summed E-state index contributed by atoms with van der Waals surface area (Å²) in [5, 5.41) is 11.9. The molecule has 28 heavy (non-hydrogen) atoms. The number of hydrogen-bond donors (Lipinski definition) is 1. The topological polar surface area (TPSA) is 77.6 Å². The van der Waals surface area contributed by atoms with Gasteiger partial charge in [0.05, 0.1) is 5.75 Å². The van der Waals surface area contributed by atoms with E-state index in [9.17, 15) is 4.79 Å². The van der Waals surface area contributed by atoms with Crippen LogP contribution in [0.3, 0.4) is 0 Å². The maximum atomic E-state index is 12.3. The molecule has 1 unspecified atom stereocenters. The van der Waals surface area contributed by atoms with Crippen molar-refractivity contribution >= 4 is 17.7 Å². The zero-order chi connectivity index (χ0) is 20.1. The Morgan fingerprint density at radius 2 is 2.07 bits per heavy atom. The van der Waals surface area contributed by atoms with E-state index >= 15 is 0 Å². The van der Waals surface area contributed by atoms with Crippen molar-refractivity contribution in [1.82, 2.24) is 29.6 Å². The van der Waals surface area contributed by atoms with Gasteiger partial charge < -0.3 is 9.88 Å². The van der Waals surface area contributed by atoms with E-state index in [0.717, 1.165) is 18.1 Å². The van der Waals surface area contributed by atoms with Crippen molar-refractivity contribution in [2.45, 2.75) is 39.4 Å². The van der Waals surface area contributed by atoms with Crippen molar-refractivity contribution in [2.75, 3.05) is 12.3 Å². The molecule has 0 radical (unpaired) electrons. The molecule has 1 amide bonds. The molecule has 8 heteroatoms. The summed E-state index contributed by atoms with van der Waals surface area (Å²) in [7, 11) is 0. The molecule has 7 nitrogen and oxygen atoms in total. The minimum absolute atomic E-state index is 0.00570. The highest BCUT2D eigenvalue weighted by atomic mass is 32.2.